The zero-order valence-corrected chi connectivity index (χ0v) is 11.1. The Morgan fingerprint density at radius 3 is 2.62 bits per heavy atom. The number of hydrogen-bond donors (Lipinski definition) is 0. The Labute approximate surface area is 100 Å². The number of rotatable bonds is 8. The van der Waals surface area contributed by atoms with E-state index in [0.717, 1.165) is 31.6 Å². The average Bonchev–Trinajstić information content (AvgIpc) is 2.27. The first kappa shape index (κ1) is 14.9. The summed E-state index contributed by atoms with van der Waals surface area (Å²) in [5.74, 6) is 1.40. The largest absolute Gasteiger partial charge is 0.493 e. The minimum absolute atomic E-state index is 0.431. The normalized spacial score (nSPS) is 14.9. The maximum absolute atomic E-state index is 5.77. The number of aliphatic imine (C=N–C) groups is 1. The van der Waals surface area contributed by atoms with E-state index < -0.39 is 0 Å². The molecule has 0 spiro atoms. The summed E-state index contributed by atoms with van der Waals surface area (Å²) >= 11 is 0. The van der Waals surface area contributed by atoms with Crippen molar-refractivity contribution in [3.63, 3.8) is 0 Å². The van der Waals surface area contributed by atoms with Gasteiger partial charge in [0.05, 0.1) is 6.61 Å². The van der Waals surface area contributed by atoms with Gasteiger partial charge in [-0.25, -0.2) is 0 Å². The van der Waals surface area contributed by atoms with Crippen molar-refractivity contribution in [2.45, 2.75) is 40.0 Å². The van der Waals surface area contributed by atoms with Gasteiger partial charge in [0.2, 0.25) is 0 Å². The van der Waals surface area contributed by atoms with Crippen LogP contribution in [0.4, 0.5) is 0 Å². The molecule has 0 fully saturated rings. The molecule has 2 heteroatoms. The number of allylic oxidation sites excluding steroid dienone is 3. The van der Waals surface area contributed by atoms with E-state index in [1.165, 1.54) is 0 Å². The smallest absolute Gasteiger partial charge is 0.115 e. The second kappa shape index (κ2) is 10.5. The highest BCUT2D eigenvalue weighted by atomic mass is 16.5. The molecule has 1 atom stereocenters. The highest BCUT2D eigenvalue weighted by Gasteiger charge is 2.05. The van der Waals surface area contributed by atoms with Gasteiger partial charge in [-0.05, 0) is 31.9 Å². The Kier molecular flexibility index (Phi) is 9.78. The van der Waals surface area contributed by atoms with E-state index in [9.17, 15) is 0 Å². The Balaban J connectivity index is 4.19. The van der Waals surface area contributed by atoms with Crippen LogP contribution in [0, 0.1) is 5.92 Å². The third-order valence-corrected chi connectivity index (χ3v) is 2.22. The number of hydrogen-bond acceptors (Lipinski definition) is 2. The van der Waals surface area contributed by atoms with Crippen LogP contribution in [0.3, 0.4) is 0 Å². The van der Waals surface area contributed by atoms with Crippen molar-refractivity contribution in [2.24, 2.45) is 10.9 Å². The summed E-state index contributed by atoms with van der Waals surface area (Å²) in [4.78, 5) is 4.08. The maximum atomic E-state index is 5.77. The Morgan fingerprint density at radius 1 is 1.38 bits per heavy atom. The second-order valence-corrected chi connectivity index (χ2v) is 3.78. The predicted octanol–water partition coefficient (Wildman–Crippen LogP) is 3.99. The van der Waals surface area contributed by atoms with E-state index in [1.807, 2.05) is 32.3 Å². The van der Waals surface area contributed by atoms with Crippen LogP contribution in [-0.2, 0) is 4.74 Å². The lowest BCUT2D eigenvalue weighted by Gasteiger charge is -2.13. The fourth-order valence-electron chi connectivity index (χ4n) is 1.53. The van der Waals surface area contributed by atoms with Gasteiger partial charge >= 0.3 is 0 Å². The molecule has 0 aromatic heterocycles. The van der Waals surface area contributed by atoms with Crippen LogP contribution in [0.2, 0.25) is 0 Å². The SMILES string of the molecule is C/C=C\C(=C/CC)OCC(/C=N/C)CCC. The first-order valence-electron chi connectivity index (χ1n) is 6.16. The third kappa shape index (κ3) is 7.27. The lowest BCUT2D eigenvalue weighted by Crippen LogP contribution is -2.10. The summed E-state index contributed by atoms with van der Waals surface area (Å²) in [6, 6.07) is 0. The van der Waals surface area contributed by atoms with Gasteiger partial charge in [-0.3, -0.25) is 0 Å². The Hall–Kier alpha value is -1.05. The van der Waals surface area contributed by atoms with Crippen molar-refractivity contribution in [3.8, 4) is 0 Å². The van der Waals surface area contributed by atoms with E-state index in [4.69, 9.17) is 4.74 Å². The summed E-state index contributed by atoms with van der Waals surface area (Å²) in [6.07, 6.45) is 11.4. The van der Waals surface area contributed by atoms with E-state index in [2.05, 4.69) is 24.9 Å². The zero-order chi connectivity index (χ0) is 12.2. The zero-order valence-electron chi connectivity index (χ0n) is 11.1. The van der Waals surface area contributed by atoms with Crippen molar-refractivity contribution in [1.29, 1.82) is 0 Å². The van der Waals surface area contributed by atoms with Gasteiger partial charge in [0.1, 0.15) is 5.76 Å². The standard InChI is InChI=1S/C14H25NO/c1-5-8-13(11-15-4)12-16-14(9-6-2)10-7-3/h6,9-11,13H,5,7-8,12H2,1-4H3/b9-6-,14-10+,15-11+. The van der Waals surface area contributed by atoms with Gasteiger partial charge in [0, 0.05) is 19.2 Å². The van der Waals surface area contributed by atoms with E-state index in [0.29, 0.717) is 5.92 Å². The Morgan fingerprint density at radius 2 is 2.12 bits per heavy atom. The monoisotopic (exact) mass is 223 g/mol. The van der Waals surface area contributed by atoms with E-state index in [1.54, 1.807) is 0 Å². The molecule has 0 amide bonds. The van der Waals surface area contributed by atoms with Gasteiger partial charge in [-0.1, -0.05) is 26.3 Å². The van der Waals surface area contributed by atoms with Crippen LogP contribution < -0.4 is 0 Å². The van der Waals surface area contributed by atoms with Gasteiger partial charge in [-0.2, -0.15) is 0 Å². The first-order chi connectivity index (χ1) is 7.78. The second-order valence-electron chi connectivity index (χ2n) is 3.78. The molecule has 0 radical (unpaired) electrons. The minimum atomic E-state index is 0.431. The lowest BCUT2D eigenvalue weighted by atomic mass is 10.1. The molecule has 16 heavy (non-hydrogen) atoms. The first-order valence-corrected chi connectivity index (χ1v) is 6.16. The molecule has 0 bridgehead atoms. The molecule has 92 valence electrons. The molecule has 2 nitrogen and oxygen atoms in total. The highest BCUT2D eigenvalue weighted by molar-refractivity contribution is 5.60. The van der Waals surface area contributed by atoms with Crippen molar-refractivity contribution in [2.75, 3.05) is 13.7 Å². The molecular formula is C14H25NO. The molecule has 0 N–H and O–H groups in total. The van der Waals surface area contributed by atoms with Gasteiger partial charge in [0.15, 0.2) is 0 Å². The summed E-state index contributed by atoms with van der Waals surface area (Å²) in [7, 11) is 1.82. The maximum Gasteiger partial charge on any atom is 0.115 e. The Bertz CT molecular complexity index is 241. The van der Waals surface area contributed by atoms with Crippen LogP contribution in [0.5, 0.6) is 0 Å². The van der Waals surface area contributed by atoms with Crippen LogP contribution in [0.25, 0.3) is 0 Å². The molecule has 0 aromatic rings. The fourth-order valence-corrected chi connectivity index (χ4v) is 1.53. The van der Waals surface area contributed by atoms with Crippen LogP contribution in [0.15, 0.2) is 29.0 Å². The average molecular weight is 223 g/mol. The van der Waals surface area contributed by atoms with Crippen molar-refractivity contribution in [1.82, 2.24) is 0 Å². The number of ether oxygens (including phenoxy) is 1. The summed E-state index contributed by atoms with van der Waals surface area (Å²) < 4.78 is 5.77. The topological polar surface area (TPSA) is 21.6 Å². The van der Waals surface area contributed by atoms with E-state index in [-0.39, 0.29) is 0 Å². The lowest BCUT2D eigenvalue weighted by molar-refractivity contribution is 0.196. The number of nitrogens with zero attached hydrogens (tertiary/aromatic N) is 1. The molecule has 0 aliphatic carbocycles. The molecule has 0 aliphatic heterocycles. The minimum Gasteiger partial charge on any atom is -0.493 e. The highest BCUT2D eigenvalue weighted by Crippen LogP contribution is 2.09. The van der Waals surface area contributed by atoms with Crippen LogP contribution in [-0.4, -0.2) is 19.9 Å². The van der Waals surface area contributed by atoms with Crippen LogP contribution >= 0.6 is 0 Å². The molecule has 0 saturated heterocycles. The summed E-state index contributed by atoms with van der Waals surface area (Å²) in [6.45, 7) is 7.03. The molecule has 1 unspecified atom stereocenters. The molecule has 0 aromatic carbocycles. The van der Waals surface area contributed by atoms with Crippen LogP contribution in [0.1, 0.15) is 40.0 Å². The van der Waals surface area contributed by atoms with Gasteiger partial charge < -0.3 is 9.73 Å². The summed E-state index contributed by atoms with van der Waals surface area (Å²) in [5.41, 5.74) is 0. The molecular weight excluding hydrogens is 198 g/mol. The van der Waals surface area contributed by atoms with Crippen molar-refractivity contribution < 1.29 is 4.74 Å². The third-order valence-electron chi connectivity index (χ3n) is 2.22. The fraction of sp³-hybridized carbons (Fsp3) is 0.643. The van der Waals surface area contributed by atoms with E-state index >= 15 is 0 Å². The molecule has 0 aliphatic rings. The summed E-state index contributed by atoms with van der Waals surface area (Å²) in [5, 5.41) is 0. The van der Waals surface area contributed by atoms with Crippen molar-refractivity contribution >= 4 is 6.21 Å². The van der Waals surface area contributed by atoms with Gasteiger partial charge in [0.25, 0.3) is 0 Å². The molecule has 0 heterocycles. The molecule has 0 rings (SSSR count). The van der Waals surface area contributed by atoms with Gasteiger partial charge in [-0.15, -0.1) is 0 Å². The predicted molar refractivity (Wildman–Crippen MR) is 72.0 cm³/mol. The quantitative estimate of drug-likeness (QED) is 0.346. The molecule has 0 saturated carbocycles. The van der Waals surface area contributed by atoms with Crippen molar-refractivity contribution in [3.05, 3.63) is 24.0 Å².